The number of aryl methyl sites for hydroxylation is 3. The van der Waals surface area contributed by atoms with Gasteiger partial charge in [-0.25, -0.2) is 0 Å². The summed E-state index contributed by atoms with van der Waals surface area (Å²) in [4.78, 5) is 34.7. The molecule has 2 saturated carbocycles. The lowest BCUT2D eigenvalue weighted by Crippen LogP contribution is -2.51. The number of aromatic nitrogens is 4. The number of carbonyl (C=O) groups is 2. The van der Waals surface area contributed by atoms with E-state index in [4.69, 9.17) is 0 Å². The molecule has 35 heavy (non-hydrogen) atoms. The Labute approximate surface area is 205 Å². The van der Waals surface area contributed by atoms with Gasteiger partial charge in [-0.3, -0.25) is 19.3 Å². The lowest BCUT2D eigenvalue weighted by atomic mass is 9.80. The summed E-state index contributed by atoms with van der Waals surface area (Å²) in [5.41, 5.74) is 5.32. The predicted octanol–water partition coefficient (Wildman–Crippen LogP) is 4.47. The number of carbonyl (C=O) groups excluding carboxylic acids is 2. The third-order valence-corrected chi connectivity index (χ3v) is 7.71. The fraction of sp³-hybridized carbons (Fsp3) is 0.481. The monoisotopic (exact) mass is 474 g/mol. The van der Waals surface area contributed by atoms with E-state index in [0.29, 0.717) is 23.8 Å². The normalized spacial score (nSPS) is 18.1. The molecule has 2 amide bonds. The van der Waals surface area contributed by atoms with E-state index in [1.807, 2.05) is 39.1 Å². The maximum absolute atomic E-state index is 13.7. The van der Waals surface area contributed by atoms with Crippen molar-refractivity contribution in [3.8, 4) is 11.3 Å². The summed E-state index contributed by atoms with van der Waals surface area (Å²) < 4.78 is 1.66. The third kappa shape index (κ3) is 4.61. The van der Waals surface area contributed by atoms with Crippen molar-refractivity contribution in [3.05, 3.63) is 53.7 Å². The van der Waals surface area contributed by atoms with Gasteiger partial charge in [-0.05, 0) is 87.5 Å². The molecule has 0 saturated heterocycles. The summed E-state index contributed by atoms with van der Waals surface area (Å²) >= 11 is 0. The molecular weight excluding hydrogens is 440 g/mol. The summed E-state index contributed by atoms with van der Waals surface area (Å²) in [5.74, 6) is 0.136. The molecule has 3 aromatic heterocycles. The molecule has 0 aliphatic heterocycles. The van der Waals surface area contributed by atoms with Crippen molar-refractivity contribution in [2.75, 3.05) is 5.32 Å². The van der Waals surface area contributed by atoms with Crippen molar-refractivity contribution in [2.45, 2.75) is 66.0 Å². The second-order valence-corrected chi connectivity index (χ2v) is 10.4. The van der Waals surface area contributed by atoms with Gasteiger partial charge in [0.05, 0.1) is 17.6 Å². The zero-order chi connectivity index (χ0) is 24.7. The van der Waals surface area contributed by atoms with E-state index in [1.165, 1.54) is 0 Å². The van der Waals surface area contributed by atoms with Gasteiger partial charge in [0.25, 0.3) is 5.91 Å². The standard InChI is InChI=1S/C27H34N6O2/c1-5-33-21(10-13-30-33)25(34)32-24(23(18-6-7-18)27(4)11-12-27)26(35)31-19-8-9-20(29-15-19)22-16(2)14-28-17(22)3/h8-10,13-15,18,23-24,28H,5-7,11-12H2,1-4H3,(H,31,35)(H,32,34)/t23?,24-/m0/s1. The van der Waals surface area contributed by atoms with Crippen LogP contribution in [0, 0.1) is 31.1 Å². The van der Waals surface area contributed by atoms with E-state index in [9.17, 15) is 9.59 Å². The van der Waals surface area contributed by atoms with Crippen molar-refractivity contribution >= 4 is 17.5 Å². The highest BCUT2D eigenvalue weighted by molar-refractivity contribution is 6.00. The maximum Gasteiger partial charge on any atom is 0.270 e. The van der Waals surface area contributed by atoms with Crippen molar-refractivity contribution in [2.24, 2.45) is 17.3 Å². The minimum absolute atomic E-state index is 0.0902. The van der Waals surface area contributed by atoms with Gasteiger partial charge in [0.1, 0.15) is 11.7 Å². The molecule has 0 radical (unpaired) electrons. The molecule has 3 heterocycles. The Hall–Kier alpha value is -3.42. The number of nitrogens with one attached hydrogen (secondary N) is 3. The van der Waals surface area contributed by atoms with Crippen LogP contribution in [0.5, 0.6) is 0 Å². The molecule has 2 aliphatic rings. The first kappa shape index (κ1) is 23.3. The van der Waals surface area contributed by atoms with Crippen LogP contribution in [-0.4, -0.2) is 37.6 Å². The van der Waals surface area contributed by atoms with Crippen LogP contribution in [0.3, 0.4) is 0 Å². The number of hydrogen-bond donors (Lipinski definition) is 3. The van der Waals surface area contributed by atoms with Crippen LogP contribution in [0.1, 0.15) is 61.3 Å². The van der Waals surface area contributed by atoms with Crippen LogP contribution in [0.4, 0.5) is 5.69 Å². The Bertz CT molecular complexity index is 1210. The first-order valence-corrected chi connectivity index (χ1v) is 12.6. The van der Waals surface area contributed by atoms with Gasteiger partial charge in [0, 0.05) is 30.2 Å². The Kier molecular flexibility index (Phi) is 5.99. The average Bonchev–Trinajstić information content (AvgIpc) is 3.73. The average molecular weight is 475 g/mol. The molecule has 2 fully saturated rings. The van der Waals surface area contributed by atoms with E-state index in [1.54, 1.807) is 23.1 Å². The molecule has 3 N–H and O–H groups in total. The van der Waals surface area contributed by atoms with Crippen molar-refractivity contribution in [1.82, 2.24) is 25.1 Å². The SMILES string of the molecule is CCn1nccc1C(=O)N[C@H](C(=O)Nc1ccc(-c2c(C)c[nH]c2C)nc1)C(C1CC1)C1(C)CC1. The van der Waals surface area contributed by atoms with Gasteiger partial charge in [-0.2, -0.15) is 5.10 Å². The van der Waals surface area contributed by atoms with E-state index in [2.05, 4.69) is 32.6 Å². The summed E-state index contributed by atoms with van der Waals surface area (Å²) in [7, 11) is 0. The number of aromatic amines is 1. The number of anilines is 1. The minimum atomic E-state index is -0.614. The fourth-order valence-electron chi connectivity index (χ4n) is 5.43. The van der Waals surface area contributed by atoms with Gasteiger partial charge in [-0.15, -0.1) is 0 Å². The van der Waals surface area contributed by atoms with Crippen LogP contribution in [0.2, 0.25) is 0 Å². The first-order chi connectivity index (χ1) is 16.8. The van der Waals surface area contributed by atoms with Crippen LogP contribution in [-0.2, 0) is 11.3 Å². The van der Waals surface area contributed by atoms with Gasteiger partial charge in [-0.1, -0.05) is 6.92 Å². The summed E-state index contributed by atoms with van der Waals surface area (Å²) in [6.45, 7) is 8.85. The van der Waals surface area contributed by atoms with Gasteiger partial charge in [0.15, 0.2) is 0 Å². The van der Waals surface area contributed by atoms with E-state index in [-0.39, 0.29) is 23.1 Å². The van der Waals surface area contributed by atoms with Crippen molar-refractivity contribution in [1.29, 1.82) is 0 Å². The van der Waals surface area contributed by atoms with Crippen LogP contribution in [0.25, 0.3) is 11.3 Å². The Morgan fingerprint density at radius 3 is 2.57 bits per heavy atom. The largest absolute Gasteiger partial charge is 0.364 e. The Balaban J connectivity index is 1.38. The molecule has 5 rings (SSSR count). The van der Waals surface area contributed by atoms with Crippen molar-refractivity contribution in [3.63, 3.8) is 0 Å². The van der Waals surface area contributed by atoms with Crippen LogP contribution < -0.4 is 10.6 Å². The number of H-pyrrole nitrogens is 1. The van der Waals surface area contributed by atoms with Gasteiger partial charge >= 0.3 is 0 Å². The highest BCUT2D eigenvalue weighted by atomic mass is 16.2. The van der Waals surface area contributed by atoms with Crippen molar-refractivity contribution < 1.29 is 9.59 Å². The predicted molar refractivity (Wildman–Crippen MR) is 135 cm³/mol. The molecule has 1 unspecified atom stereocenters. The topological polar surface area (TPSA) is 105 Å². The number of nitrogens with zero attached hydrogens (tertiary/aromatic N) is 3. The minimum Gasteiger partial charge on any atom is -0.364 e. The van der Waals surface area contributed by atoms with E-state index in [0.717, 1.165) is 48.2 Å². The zero-order valence-corrected chi connectivity index (χ0v) is 20.9. The van der Waals surface area contributed by atoms with E-state index < -0.39 is 6.04 Å². The zero-order valence-electron chi connectivity index (χ0n) is 20.9. The number of pyridine rings is 1. The third-order valence-electron chi connectivity index (χ3n) is 7.71. The first-order valence-electron chi connectivity index (χ1n) is 12.6. The molecule has 8 nitrogen and oxygen atoms in total. The summed E-state index contributed by atoms with van der Waals surface area (Å²) in [6.07, 6.45) is 9.68. The lowest BCUT2D eigenvalue weighted by Gasteiger charge is -2.32. The molecule has 2 aliphatic carbocycles. The van der Waals surface area contributed by atoms with Crippen LogP contribution >= 0.6 is 0 Å². The van der Waals surface area contributed by atoms with Crippen LogP contribution in [0.15, 0.2) is 36.8 Å². The second kappa shape index (κ2) is 8.98. The molecule has 0 bridgehead atoms. The second-order valence-electron chi connectivity index (χ2n) is 10.4. The molecule has 0 spiro atoms. The number of rotatable bonds is 9. The summed E-state index contributed by atoms with van der Waals surface area (Å²) in [5, 5.41) is 10.3. The molecular formula is C27H34N6O2. The maximum atomic E-state index is 13.7. The quantitative estimate of drug-likeness (QED) is 0.425. The smallest absolute Gasteiger partial charge is 0.270 e. The lowest BCUT2D eigenvalue weighted by molar-refractivity contribution is -0.120. The van der Waals surface area contributed by atoms with E-state index >= 15 is 0 Å². The number of hydrogen-bond acceptors (Lipinski definition) is 4. The highest BCUT2D eigenvalue weighted by Gasteiger charge is 2.55. The summed E-state index contributed by atoms with van der Waals surface area (Å²) in [6, 6.07) is 4.89. The Morgan fingerprint density at radius 1 is 1.23 bits per heavy atom. The Morgan fingerprint density at radius 2 is 2.00 bits per heavy atom. The van der Waals surface area contributed by atoms with Gasteiger partial charge < -0.3 is 15.6 Å². The molecule has 8 heteroatoms. The number of amides is 2. The molecule has 0 aromatic carbocycles. The highest BCUT2D eigenvalue weighted by Crippen LogP contribution is 2.60. The fourth-order valence-corrected chi connectivity index (χ4v) is 5.43. The molecule has 184 valence electrons. The molecule has 3 aromatic rings. The van der Waals surface area contributed by atoms with Gasteiger partial charge in [0.2, 0.25) is 5.91 Å². The molecule has 2 atom stereocenters.